The summed E-state index contributed by atoms with van der Waals surface area (Å²) < 4.78 is 0. The van der Waals surface area contributed by atoms with E-state index in [1.54, 1.807) is 0 Å². The second-order valence-corrected chi connectivity index (χ2v) is 7.96. The molecule has 0 aliphatic rings. The van der Waals surface area contributed by atoms with E-state index in [1.165, 1.54) is 0 Å². The third-order valence-electron chi connectivity index (χ3n) is 5.74. The van der Waals surface area contributed by atoms with E-state index in [4.69, 9.17) is 4.99 Å². The van der Waals surface area contributed by atoms with E-state index in [2.05, 4.69) is 43.3 Å². The van der Waals surface area contributed by atoms with Gasteiger partial charge in [0.1, 0.15) is 0 Å². The van der Waals surface area contributed by atoms with Gasteiger partial charge in [0.25, 0.3) is 0 Å². The van der Waals surface area contributed by atoms with Crippen LogP contribution in [-0.4, -0.2) is 17.5 Å². The molecule has 0 saturated heterocycles. The lowest BCUT2D eigenvalue weighted by atomic mass is 9.86. The van der Waals surface area contributed by atoms with E-state index < -0.39 is 0 Å². The van der Waals surface area contributed by atoms with E-state index in [9.17, 15) is 4.79 Å². The molecule has 158 valence electrons. The number of rotatable bonds is 8. The molecule has 0 bridgehead atoms. The lowest BCUT2D eigenvalue weighted by Gasteiger charge is -2.23. The van der Waals surface area contributed by atoms with Gasteiger partial charge in [-0.15, -0.1) is 0 Å². The average Bonchev–Trinajstić information content (AvgIpc) is 2.87. The first-order chi connectivity index (χ1) is 15.7. The molecule has 32 heavy (non-hydrogen) atoms. The highest BCUT2D eigenvalue weighted by Gasteiger charge is 2.24. The quantitative estimate of drug-likeness (QED) is 0.225. The first kappa shape index (κ1) is 21.5. The third kappa shape index (κ3) is 5.28. The van der Waals surface area contributed by atoms with Crippen molar-refractivity contribution in [3.63, 3.8) is 0 Å². The number of Topliss-reactive ketones (excluding diaryl/α,β-unsaturated/α-hetero) is 1. The Balaban J connectivity index is 1.72. The molecule has 0 aliphatic heterocycles. The van der Waals surface area contributed by atoms with Crippen LogP contribution in [0.2, 0.25) is 0 Å². The SMILES string of the molecule is CC(N=C(c1ccccc1)c1ccccc1)C(CC(=O)c1ccccc1)c1ccccc1. The van der Waals surface area contributed by atoms with Gasteiger partial charge >= 0.3 is 0 Å². The van der Waals surface area contributed by atoms with Gasteiger partial charge in [-0.3, -0.25) is 9.79 Å². The Morgan fingerprint density at radius 1 is 0.625 bits per heavy atom. The van der Waals surface area contributed by atoms with Gasteiger partial charge in [0.15, 0.2) is 5.78 Å². The van der Waals surface area contributed by atoms with Crippen molar-refractivity contribution in [1.82, 2.24) is 0 Å². The first-order valence-corrected chi connectivity index (χ1v) is 11.0. The van der Waals surface area contributed by atoms with Crippen LogP contribution < -0.4 is 0 Å². The van der Waals surface area contributed by atoms with Gasteiger partial charge in [0.05, 0.1) is 11.8 Å². The van der Waals surface area contributed by atoms with Crippen LogP contribution in [0.4, 0.5) is 0 Å². The van der Waals surface area contributed by atoms with Crippen LogP contribution in [-0.2, 0) is 0 Å². The van der Waals surface area contributed by atoms with E-state index in [0.717, 1.165) is 28.0 Å². The number of benzene rings is 4. The van der Waals surface area contributed by atoms with Gasteiger partial charge in [-0.2, -0.15) is 0 Å². The molecular formula is C30H27NO. The van der Waals surface area contributed by atoms with Crippen LogP contribution in [0, 0.1) is 0 Å². The summed E-state index contributed by atoms with van der Waals surface area (Å²) in [7, 11) is 0. The minimum atomic E-state index is -0.0829. The zero-order valence-corrected chi connectivity index (χ0v) is 18.3. The average molecular weight is 418 g/mol. The van der Waals surface area contributed by atoms with Crippen molar-refractivity contribution in [3.8, 4) is 0 Å². The molecule has 2 unspecified atom stereocenters. The molecular weight excluding hydrogens is 390 g/mol. The summed E-state index contributed by atoms with van der Waals surface area (Å²) in [4.78, 5) is 18.3. The van der Waals surface area contributed by atoms with Crippen LogP contribution in [0.3, 0.4) is 0 Å². The normalized spacial score (nSPS) is 12.5. The molecule has 0 N–H and O–H groups in total. The molecule has 0 fully saturated rings. The van der Waals surface area contributed by atoms with Crippen LogP contribution in [0.1, 0.15) is 46.3 Å². The van der Waals surface area contributed by atoms with E-state index in [0.29, 0.717) is 6.42 Å². The summed E-state index contributed by atoms with van der Waals surface area (Å²) >= 11 is 0. The standard InChI is InChI=1S/C30H27NO/c1-23(31-30(26-18-10-4-11-19-26)27-20-12-5-13-21-27)28(24-14-6-2-7-15-24)22-29(32)25-16-8-3-9-17-25/h2-21,23,28H,22H2,1H3. The van der Waals surface area contributed by atoms with Crippen molar-refractivity contribution in [1.29, 1.82) is 0 Å². The fourth-order valence-electron chi connectivity index (χ4n) is 4.01. The Hall–Kier alpha value is -3.78. The topological polar surface area (TPSA) is 29.4 Å². The number of hydrogen-bond acceptors (Lipinski definition) is 2. The summed E-state index contributed by atoms with van der Waals surface area (Å²) in [5, 5.41) is 0. The van der Waals surface area contributed by atoms with Crippen molar-refractivity contribution in [3.05, 3.63) is 144 Å². The fourth-order valence-corrected chi connectivity index (χ4v) is 4.01. The van der Waals surface area contributed by atoms with E-state index in [-0.39, 0.29) is 17.7 Å². The molecule has 2 nitrogen and oxygen atoms in total. The van der Waals surface area contributed by atoms with Gasteiger partial charge in [-0.1, -0.05) is 121 Å². The van der Waals surface area contributed by atoms with Crippen molar-refractivity contribution in [2.24, 2.45) is 4.99 Å². The highest BCUT2D eigenvalue weighted by Crippen LogP contribution is 2.28. The fraction of sp³-hybridized carbons (Fsp3) is 0.133. The van der Waals surface area contributed by atoms with Crippen LogP contribution in [0.25, 0.3) is 0 Å². The molecule has 4 aromatic carbocycles. The van der Waals surface area contributed by atoms with E-state index >= 15 is 0 Å². The predicted octanol–water partition coefficient (Wildman–Crippen LogP) is 6.97. The Labute approximate surface area is 190 Å². The van der Waals surface area contributed by atoms with Crippen molar-refractivity contribution < 1.29 is 4.79 Å². The van der Waals surface area contributed by atoms with Gasteiger partial charge in [0, 0.05) is 29.0 Å². The summed E-state index contributed by atoms with van der Waals surface area (Å²) in [6, 6.07) is 40.2. The molecule has 0 heterocycles. The molecule has 2 atom stereocenters. The first-order valence-electron chi connectivity index (χ1n) is 11.0. The van der Waals surface area contributed by atoms with Gasteiger partial charge in [-0.05, 0) is 12.5 Å². The maximum absolute atomic E-state index is 13.1. The maximum atomic E-state index is 13.1. The highest BCUT2D eigenvalue weighted by molar-refractivity contribution is 6.13. The smallest absolute Gasteiger partial charge is 0.163 e. The zero-order chi connectivity index (χ0) is 22.2. The maximum Gasteiger partial charge on any atom is 0.163 e. The number of carbonyl (C=O) groups excluding carboxylic acids is 1. The lowest BCUT2D eigenvalue weighted by molar-refractivity contribution is 0.0970. The second kappa shape index (κ2) is 10.5. The Kier molecular flexibility index (Phi) is 7.04. The molecule has 0 aliphatic carbocycles. The number of aliphatic imine (C=N–C) groups is 1. The van der Waals surface area contributed by atoms with E-state index in [1.807, 2.05) is 84.9 Å². The summed E-state index contributed by atoms with van der Waals surface area (Å²) in [5.74, 6) is 0.119. The van der Waals surface area contributed by atoms with Crippen LogP contribution >= 0.6 is 0 Å². The van der Waals surface area contributed by atoms with Crippen LogP contribution in [0.5, 0.6) is 0 Å². The van der Waals surface area contributed by atoms with Gasteiger partial charge in [0.2, 0.25) is 0 Å². The van der Waals surface area contributed by atoms with Gasteiger partial charge in [-0.25, -0.2) is 0 Å². The number of nitrogens with zero attached hydrogens (tertiary/aromatic N) is 1. The molecule has 2 heteroatoms. The summed E-state index contributed by atoms with van der Waals surface area (Å²) in [5.41, 5.74) is 4.98. The Morgan fingerprint density at radius 3 is 1.50 bits per heavy atom. The largest absolute Gasteiger partial charge is 0.294 e. The molecule has 4 rings (SSSR count). The third-order valence-corrected chi connectivity index (χ3v) is 5.74. The number of carbonyl (C=O) groups is 1. The highest BCUT2D eigenvalue weighted by atomic mass is 16.1. The molecule has 0 saturated carbocycles. The number of ketones is 1. The molecule has 0 amide bonds. The van der Waals surface area contributed by atoms with Crippen LogP contribution in [0.15, 0.2) is 126 Å². The van der Waals surface area contributed by atoms with Gasteiger partial charge < -0.3 is 0 Å². The minimum Gasteiger partial charge on any atom is -0.294 e. The second-order valence-electron chi connectivity index (χ2n) is 7.96. The molecule has 0 spiro atoms. The van der Waals surface area contributed by atoms with Crippen molar-refractivity contribution in [2.75, 3.05) is 0 Å². The summed E-state index contributed by atoms with van der Waals surface area (Å²) in [6.07, 6.45) is 0.412. The number of hydrogen-bond donors (Lipinski definition) is 0. The van der Waals surface area contributed by atoms with Crippen molar-refractivity contribution >= 4 is 11.5 Å². The van der Waals surface area contributed by atoms with Crippen molar-refractivity contribution in [2.45, 2.75) is 25.3 Å². The molecule has 0 aromatic heterocycles. The Morgan fingerprint density at radius 2 is 1.03 bits per heavy atom. The molecule has 4 aromatic rings. The zero-order valence-electron chi connectivity index (χ0n) is 18.3. The minimum absolute atomic E-state index is 0.0219. The molecule has 0 radical (unpaired) electrons. The monoisotopic (exact) mass is 417 g/mol. The lowest BCUT2D eigenvalue weighted by Crippen LogP contribution is -2.20. The predicted molar refractivity (Wildman–Crippen MR) is 133 cm³/mol. The Bertz CT molecular complexity index is 1110. The summed E-state index contributed by atoms with van der Waals surface area (Å²) in [6.45, 7) is 2.11.